The predicted octanol–water partition coefficient (Wildman–Crippen LogP) is 3.09. The number of ether oxygens (including phenoxy) is 2. The number of nitrogens with zero attached hydrogens (tertiary/aromatic N) is 2. The first-order chi connectivity index (χ1) is 14.1. The lowest BCUT2D eigenvalue weighted by atomic mass is 10.1. The quantitative estimate of drug-likeness (QED) is 0.465. The molecule has 2 N–H and O–H groups in total. The van der Waals surface area contributed by atoms with Gasteiger partial charge in [-0.25, -0.2) is 4.99 Å². The Labute approximate surface area is 176 Å². The van der Waals surface area contributed by atoms with Gasteiger partial charge in [0.2, 0.25) is 0 Å². The molecule has 1 aliphatic carbocycles. The fraction of sp³-hybridized carbons (Fsp3) is 0.696. The highest BCUT2D eigenvalue weighted by atomic mass is 16.5. The number of aliphatic imine (C=N–C) groups is 1. The van der Waals surface area contributed by atoms with E-state index in [1.807, 2.05) is 0 Å². The van der Waals surface area contributed by atoms with Gasteiger partial charge >= 0.3 is 0 Å². The van der Waals surface area contributed by atoms with Crippen LogP contribution in [0.25, 0.3) is 0 Å². The molecule has 2 fully saturated rings. The maximum Gasteiger partial charge on any atom is 0.191 e. The highest BCUT2D eigenvalue weighted by molar-refractivity contribution is 5.79. The Morgan fingerprint density at radius 3 is 2.83 bits per heavy atom. The van der Waals surface area contributed by atoms with E-state index >= 15 is 0 Å². The van der Waals surface area contributed by atoms with E-state index in [4.69, 9.17) is 14.5 Å². The van der Waals surface area contributed by atoms with Crippen molar-refractivity contribution in [1.29, 1.82) is 0 Å². The van der Waals surface area contributed by atoms with Crippen LogP contribution in [-0.4, -0.2) is 62.4 Å². The molecule has 1 aliphatic heterocycles. The van der Waals surface area contributed by atoms with Crippen LogP contribution in [0.2, 0.25) is 0 Å². The Kier molecular flexibility index (Phi) is 8.19. The summed E-state index contributed by atoms with van der Waals surface area (Å²) in [6, 6.07) is 7.60. The van der Waals surface area contributed by atoms with Crippen LogP contribution in [0.4, 0.5) is 0 Å². The van der Waals surface area contributed by atoms with E-state index in [9.17, 15) is 0 Å². The Morgan fingerprint density at radius 1 is 1.31 bits per heavy atom. The van der Waals surface area contributed by atoms with E-state index in [0.717, 1.165) is 55.9 Å². The number of aryl methyl sites for hydroxylation is 1. The largest absolute Gasteiger partial charge is 0.491 e. The second-order valence-electron chi connectivity index (χ2n) is 8.38. The monoisotopic (exact) mass is 402 g/mol. The van der Waals surface area contributed by atoms with Gasteiger partial charge in [0.25, 0.3) is 0 Å². The Balaban J connectivity index is 1.58. The van der Waals surface area contributed by atoms with Gasteiger partial charge in [-0.05, 0) is 65.1 Å². The zero-order valence-corrected chi connectivity index (χ0v) is 18.5. The van der Waals surface area contributed by atoms with E-state index in [2.05, 4.69) is 61.6 Å². The fourth-order valence-electron chi connectivity index (χ4n) is 3.62. The molecule has 0 amide bonds. The molecule has 162 valence electrons. The van der Waals surface area contributed by atoms with Gasteiger partial charge in [0, 0.05) is 37.3 Å². The summed E-state index contributed by atoms with van der Waals surface area (Å²) in [5.74, 6) is 1.77. The van der Waals surface area contributed by atoms with Gasteiger partial charge in [-0.1, -0.05) is 12.1 Å². The van der Waals surface area contributed by atoms with E-state index in [1.165, 1.54) is 18.4 Å². The number of hydrogen-bond donors (Lipinski definition) is 2. The van der Waals surface area contributed by atoms with Gasteiger partial charge in [0.05, 0.1) is 12.6 Å². The molecule has 0 spiro atoms. The fourth-order valence-corrected chi connectivity index (χ4v) is 3.62. The van der Waals surface area contributed by atoms with Crippen LogP contribution >= 0.6 is 0 Å². The van der Waals surface area contributed by atoms with Crippen molar-refractivity contribution in [3.8, 4) is 5.75 Å². The standard InChI is InChI=1S/C23H38N4O2/c1-5-24-23(25-14-18(3)27(4)20-10-11-20)26-15-19-9-8-17(2)13-22(19)29-16-21-7-6-12-28-21/h8-9,13,18,20-21H,5-7,10-12,14-16H2,1-4H3,(H2,24,25,26). The maximum absolute atomic E-state index is 6.12. The summed E-state index contributed by atoms with van der Waals surface area (Å²) in [5, 5.41) is 6.86. The van der Waals surface area contributed by atoms with E-state index in [1.54, 1.807) is 0 Å². The molecule has 3 rings (SSSR count). The van der Waals surface area contributed by atoms with E-state index < -0.39 is 0 Å². The molecule has 1 saturated carbocycles. The summed E-state index contributed by atoms with van der Waals surface area (Å²) in [6.45, 7) is 10.2. The van der Waals surface area contributed by atoms with Gasteiger partial charge in [0.15, 0.2) is 5.96 Å². The Hall–Kier alpha value is -1.79. The lowest BCUT2D eigenvalue weighted by Gasteiger charge is -2.25. The molecule has 29 heavy (non-hydrogen) atoms. The van der Waals surface area contributed by atoms with E-state index in [0.29, 0.717) is 19.2 Å². The first-order valence-electron chi connectivity index (χ1n) is 11.1. The van der Waals surface area contributed by atoms with Crippen LogP contribution in [0.3, 0.4) is 0 Å². The molecule has 0 bridgehead atoms. The van der Waals surface area contributed by atoms with Crippen molar-refractivity contribution in [2.75, 3.05) is 33.4 Å². The van der Waals surface area contributed by atoms with Crippen LogP contribution in [-0.2, 0) is 11.3 Å². The number of benzene rings is 1. The number of likely N-dealkylation sites (N-methyl/N-ethyl adjacent to an activating group) is 1. The molecule has 2 aliphatic rings. The highest BCUT2D eigenvalue weighted by Crippen LogP contribution is 2.26. The predicted molar refractivity (Wildman–Crippen MR) is 119 cm³/mol. The molecule has 6 heteroatoms. The average molecular weight is 403 g/mol. The minimum Gasteiger partial charge on any atom is -0.491 e. The van der Waals surface area contributed by atoms with E-state index in [-0.39, 0.29) is 6.10 Å². The molecule has 2 unspecified atom stereocenters. The van der Waals surface area contributed by atoms with Crippen LogP contribution in [0.1, 0.15) is 50.7 Å². The summed E-state index contributed by atoms with van der Waals surface area (Å²) in [4.78, 5) is 7.28. The lowest BCUT2D eigenvalue weighted by molar-refractivity contribution is 0.0676. The summed E-state index contributed by atoms with van der Waals surface area (Å²) < 4.78 is 11.8. The van der Waals surface area contributed by atoms with Crippen LogP contribution in [0.15, 0.2) is 23.2 Å². The molecular weight excluding hydrogens is 364 g/mol. The molecule has 1 heterocycles. The first-order valence-corrected chi connectivity index (χ1v) is 11.1. The molecule has 0 radical (unpaired) electrons. The SMILES string of the molecule is CCNC(=NCc1ccc(C)cc1OCC1CCCO1)NCC(C)N(C)C1CC1. The zero-order valence-electron chi connectivity index (χ0n) is 18.5. The third-order valence-electron chi connectivity index (χ3n) is 5.81. The van der Waals surface area contributed by atoms with Crippen LogP contribution < -0.4 is 15.4 Å². The molecule has 0 aromatic heterocycles. The summed E-state index contributed by atoms with van der Waals surface area (Å²) >= 11 is 0. The number of rotatable bonds is 10. The molecule has 1 saturated heterocycles. The lowest BCUT2D eigenvalue weighted by Crippen LogP contribution is -2.45. The molecule has 1 aromatic rings. The summed E-state index contributed by atoms with van der Waals surface area (Å²) in [5.41, 5.74) is 2.30. The Bertz CT molecular complexity index is 669. The molecule has 2 atom stereocenters. The van der Waals surface area contributed by atoms with Crippen LogP contribution in [0, 0.1) is 6.92 Å². The van der Waals surface area contributed by atoms with Crippen molar-refractivity contribution in [2.24, 2.45) is 4.99 Å². The maximum atomic E-state index is 6.12. The van der Waals surface area contributed by atoms with Gasteiger partial charge in [0.1, 0.15) is 12.4 Å². The van der Waals surface area contributed by atoms with Crippen molar-refractivity contribution < 1.29 is 9.47 Å². The van der Waals surface area contributed by atoms with Gasteiger partial charge < -0.3 is 20.1 Å². The average Bonchev–Trinajstić information content (AvgIpc) is 3.44. The smallest absolute Gasteiger partial charge is 0.191 e. The number of hydrogen-bond acceptors (Lipinski definition) is 4. The third kappa shape index (κ3) is 6.89. The Morgan fingerprint density at radius 2 is 2.14 bits per heavy atom. The van der Waals surface area contributed by atoms with Gasteiger partial charge in [-0.3, -0.25) is 4.90 Å². The minimum absolute atomic E-state index is 0.218. The van der Waals surface area contributed by atoms with Gasteiger partial charge in [-0.2, -0.15) is 0 Å². The summed E-state index contributed by atoms with van der Waals surface area (Å²) in [7, 11) is 2.22. The summed E-state index contributed by atoms with van der Waals surface area (Å²) in [6.07, 6.45) is 5.09. The molecule has 1 aromatic carbocycles. The van der Waals surface area contributed by atoms with Gasteiger partial charge in [-0.15, -0.1) is 0 Å². The van der Waals surface area contributed by atoms with Crippen molar-refractivity contribution >= 4 is 5.96 Å². The van der Waals surface area contributed by atoms with Crippen molar-refractivity contribution in [3.05, 3.63) is 29.3 Å². The molecule has 6 nitrogen and oxygen atoms in total. The second kappa shape index (κ2) is 10.8. The van der Waals surface area contributed by atoms with Crippen molar-refractivity contribution in [2.45, 2.75) is 71.2 Å². The number of nitrogens with one attached hydrogen (secondary N) is 2. The zero-order chi connectivity index (χ0) is 20.6. The van der Waals surface area contributed by atoms with Crippen LogP contribution in [0.5, 0.6) is 5.75 Å². The molecular formula is C23H38N4O2. The highest BCUT2D eigenvalue weighted by Gasteiger charge is 2.29. The first kappa shape index (κ1) is 21.9. The van der Waals surface area contributed by atoms with Crippen molar-refractivity contribution in [3.63, 3.8) is 0 Å². The topological polar surface area (TPSA) is 58.1 Å². The van der Waals surface area contributed by atoms with Crippen molar-refractivity contribution in [1.82, 2.24) is 15.5 Å². The minimum atomic E-state index is 0.218. The second-order valence-corrected chi connectivity index (χ2v) is 8.38. The third-order valence-corrected chi connectivity index (χ3v) is 5.81. The number of guanidine groups is 1. The normalized spacial score (nSPS) is 20.7.